The predicted molar refractivity (Wildman–Crippen MR) is 98.6 cm³/mol. The zero-order chi connectivity index (χ0) is 19.1. The Bertz CT molecular complexity index is 941. The molecule has 0 spiro atoms. The van der Waals surface area contributed by atoms with Gasteiger partial charge in [-0.1, -0.05) is 0 Å². The van der Waals surface area contributed by atoms with Crippen molar-refractivity contribution in [2.24, 2.45) is 0 Å². The molecule has 0 saturated carbocycles. The average molecular weight is 393 g/mol. The maximum absolute atomic E-state index is 12.8. The van der Waals surface area contributed by atoms with Gasteiger partial charge in [-0.3, -0.25) is 4.79 Å². The van der Waals surface area contributed by atoms with E-state index in [1.807, 2.05) is 0 Å². The smallest absolute Gasteiger partial charge is 0.289 e. The summed E-state index contributed by atoms with van der Waals surface area (Å²) in [5, 5.41) is 20.3. The molecule has 9 heteroatoms. The summed E-state index contributed by atoms with van der Waals surface area (Å²) in [6.07, 6.45) is -1.60. The number of ether oxygens (including phenoxy) is 3. The van der Waals surface area contributed by atoms with Gasteiger partial charge in [0.05, 0.1) is 42.4 Å². The second-order valence-electron chi connectivity index (χ2n) is 6.09. The van der Waals surface area contributed by atoms with Crippen LogP contribution < -0.4 is 9.47 Å². The Hall–Kier alpha value is -2.33. The number of aliphatic hydroxyl groups excluding tert-OH is 1. The van der Waals surface area contributed by atoms with Crippen LogP contribution in [0.15, 0.2) is 16.5 Å². The number of furan rings is 1. The molecule has 3 aromatic rings. The van der Waals surface area contributed by atoms with Crippen LogP contribution in [-0.4, -0.2) is 61.5 Å². The second kappa shape index (κ2) is 7.01. The molecular weight excluding hydrogens is 374 g/mol. The van der Waals surface area contributed by atoms with E-state index in [0.29, 0.717) is 63.7 Å². The number of morpholine rings is 1. The summed E-state index contributed by atoms with van der Waals surface area (Å²) in [7, 11) is 3.02. The third-order valence-electron chi connectivity index (χ3n) is 4.56. The van der Waals surface area contributed by atoms with Crippen molar-refractivity contribution in [3.05, 3.63) is 22.8 Å². The predicted octanol–water partition coefficient (Wildman–Crippen LogP) is 2.12. The summed E-state index contributed by atoms with van der Waals surface area (Å²) < 4.78 is 22.9. The maximum atomic E-state index is 12.8. The first-order chi connectivity index (χ1) is 13.0. The molecule has 1 aliphatic rings. The first-order valence-corrected chi connectivity index (χ1v) is 9.21. The summed E-state index contributed by atoms with van der Waals surface area (Å²) in [4.78, 5) is 14.8. The quantitative estimate of drug-likeness (QED) is 0.655. The average Bonchev–Trinajstić information content (AvgIpc) is 3.31. The van der Waals surface area contributed by atoms with Crippen molar-refractivity contribution >= 4 is 38.3 Å². The lowest BCUT2D eigenvalue weighted by Crippen LogP contribution is -2.40. The number of fused-ring (bicyclic) bond motifs is 2. The number of aliphatic hydroxyl groups is 2. The van der Waals surface area contributed by atoms with Gasteiger partial charge in [-0.05, 0) is 6.07 Å². The van der Waals surface area contributed by atoms with Gasteiger partial charge in [-0.15, -0.1) is 11.3 Å². The fourth-order valence-electron chi connectivity index (χ4n) is 3.28. The monoisotopic (exact) mass is 393 g/mol. The number of methoxy groups -OCH3 is 2. The number of thiophene rings is 1. The molecule has 1 saturated heterocycles. The van der Waals surface area contributed by atoms with E-state index in [4.69, 9.17) is 18.6 Å². The fraction of sp³-hybridized carbons (Fsp3) is 0.389. The second-order valence-corrected chi connectivity index (χ2v) is 7.17. The Balaban J connectivity index is 1.90. The van der Waals surface area contributed by atoms with Crippen LogP contribution in [0.1, 0.15) is 21.7 Å². The summed E-state index contributed by atoms with van der Waals surface area (Å²) >= 11 is 1.17. The molecule has 144 valence electrons. The Morgan fingerprint density at radius 2 is 1.85 bits per heavy atom. The van der Waals surface area contributed by atoms with Crippen LogP contribution >= 0.6 is 11.3 Å². The van der Waals surface area contributed by atoms with Gasteiger partial charge in [0.15, 0.2) is 23.4 Å². The van der Waals surface area contributed by atoms with Crippen molar-refractivity contribution in [3.8, 4) is 11.5 Å². The molecule has 27 heavy (non-hydrogen) atoms. The molecule has 1 aliphatic heterocycles. The topological polar surface area (TPSA) is 102 Å². The lowest BCUT2D eigenvalue weighted by molar-refractivity contribution is -0.0394. The van der Waals surface area contributed by atoms with Gasteiger partial charge in [-0.2, -0.15) is 0 Å². The normalized spacial score (nSPS) is 15.1. The van der Waals surface area contributed by atoms with E-state index >= 15 is 0 Å². The molecule has 1 fully saturated rings. The first-order valence-electron chi connectivity index (χ1n) is 8.39. The SMILES string of the molecule is COc1c2cc(C(=O)N3CCOCC3)oc2c(OC)c2sc(C(O)O)cc12. The number of amides is 1. The van der Waals surface area contributed by atoms with Crippen LogP contribution in [0.2, 0.25) is 0 Å². The molecule has 0 unspecified atom stereocenters. The zero-order valence-electron chi connectivity index (χ0n) is 14.9. The molecule has 1 aromatic carbocycles. The Kier molecular flexibility index (Phi) is 4.68. The lowest BCUT2D eigenvalue weighted by Gasteiger charge is -2.25. The maximum Gasteiger partial charge on any atom is 0.289 e. The van der Waals surface area contributed by atoms with Crippen molar-refractivity contribution < 1.29 is 33.6 Å². The van der Waals surface area contributed by atoms with E-state index in [1.165, 1.54) is 25.6 Å². The van der Waals surface area contributed by atoms with Crippen LogP contribution in [0.5, 0.6) is 11.5 Å². The summed E-state index contributed by atoms with van der Waals surface area (Å²) in [5.41, 5.74) is 0.388. The largest absolute Gasteiger partial charge is 0.495 e. The number of benzene rings is 1. The minimum absolute atomic E-state index is 0.198. The summed E-state index contributed by atoms with van der Waals surface area (Å²) in [5.74, 6) is 0.907. The van der Waals surface area contributed by atoms with Gasteiger partial charge < -0.3 is 33.7 Å². The van der Waals surface area contributed by atoms with Crippen LogP contribution in [0.25, 0.3) is 21.1 Å². The molecule has 1 amide bonds. The number of hydrogen-bond donors (Lipinski definition) is 2. The van der Waals surface area contributed by atoms with E-state index in [9.17, 15) is 15.0 Å². The highest BCUT2D eigenvalue weighted by Crippen LogP contribution is 2.48. The molecule has 8 nitrogen and oxygen atoms in total. The van der Waals surface area contributed by atoms with Crippen molar-refractivity contribution in [1.82, 2.24) is 4.90 Å². The van der Waals surface area contributed by atoms with Crippen molar-refractivity contribution in [2.45, 2.75) is 6.29 Å². The van der Waals surface area contributed by atoms with E-state index in [1.54, 1.807) is 17.0 Å². The Morgan fingerprint density at radius 1 is 1.15 bits per heavy atom. The number of carbonyl (C=O) groups excluding carboxylic acids is 1. The molecule has 4 rings (SSSR count). The number of carbonyl (C=O) groups is 1. The lowest BCUT2D eigenvalue weighted by atomic mass is 10.1. The molecular formula is C18H19NO7S. The molecule has 0 aliphatic carbocycles. The molecule has 2 N–H and O–H groups in total. The number of hydrogen-bond acceptors (Lipinski definition) is 8. The van der Waals surface area contributed by atoms with Gasteiger partial charge in [0.1, 0.15) is 5.75 Å². The standard InChI is InChI=1S/C18H19NO7S/c1-23-13-9-7-11(17(20)19-3-5-25-6-4-19)26-14(9)15(24-2)16-10(13)8-12(27-16)18(21)22/h7-8,18,21-22H,3-6H2,1-2H3. The third-order valence-corrected chi connectivity index (χ3v) is 5.73. The van der Waals surface area contributed by atoms with Crippen molar-refractivity contribution in [2.75, 3.05) is 40.5 Å². The van der Waals surface area contributed by atoms with Crippen molar-refractivity contribution in [3.63, 3.8) is 0 Å². The molecule has 0 bridgehead atoms. The highest BCUT2D eigenvalue weighted by atomic mass is 32.1. The first kappa shape index (κ1) is 18.1. The van der Waals surface area contributed by atoms with E-state index < -0.39 is 6.29 Å². The number of rotatable bonds is 4. The van der Waals surface area contributed by atoms with Gasteiger partial charge in [-0.25, -0.2) is 0 Å². The minimum Gasteiger partial charge on any atom is -0.495 e. The van der Waals surface area contributed by atoms with Crippen LogP contribution in [0.3, 0.4) is 0 Å². The third kappa shape index (κ3) is 2.92. The van der Waals surface area contributed by atoms with Gasteiger partial charge in [0.2, 0.25) is 0 Å². The summed E-state index contributed by atoms with van der Waals surface area (Å²) in [6.45, 7) is 2.02. The zero-order valence-corrected chi connectivity index (χ0v) is 15.7. The van der Waals surface area contributed by atoms with Crippen LogP contribution in [-0.2, 0) is 4.74 Å². The van der Waals surface area contributed by atoms with Gasteiger partial charge in [0.25, 0.3) is 5.91 Å². The minimum atomic E-state index is -1.60. The van der Waals surface area contributed by atoms with E-state index in [-0.39, 0.29) is 11.7 Å². The van der Waals surface area contributed by atoms with E-state index in [2.05, 4.69) is 0 Å². The van der Waals surface area contributed by atoms with Crippen LogP contribution in [0.4, 0.5) is 0 Å². The number of nitrogens with zero attached hydrogens (tertiary/aromatic N) is 1. The molecule has 3 heterocycles. The van der Waals surface area contributed by atoms with Gasteiger partial charge >= 0.3 is 0 Å². The van der Waals surface area contributed by atoms with Crippen molar-refractivity contribution in [1.29, 1.82) is 0 Å². The molecule has 0 atom stereocenters. The van der Waals surface area contributed by atoms with Crippen LogP contribution in [0, 0.1) is 0 Å². The Morgan fingerprint density at radius 3 is 2.48 bits per heavy atom. The molecule has 2 aromatic heterocycles. The molecule has 0 radical (unpaired) electrons. The Labute approximate surface area is 158 Å². The van der Waals surface area contributed by atoms with Gasteiger partial charge in [0, 0.05) is 24.5 Å². The van der Waals surface area contributed by atoms with E-state index in [0.717, 1.165) is 0 Å². The fourth-order valence-corrected chi connectivity index (χ4v) is 4.33. The highest BCUT2D eigenvalue weighted by Gasteiger charge is 2.27. The highest BCUT2D eigenvalue weighted by molar-refractivity contribution is 7.19. The summed E-state index contributed by atoms with van der Waals surface area (Å²) in [6, 6.07) is 3.28.